The summed E-state index contributed by atoms with van der Waals surface area (Å²) in [5.74, 6) is 0. The molecule has 1 aliphatic carbocycles. The van der Waals surface area contributed by atoms with E-state index in [9.17, 15) is 0 Å². The SMILES string of the molecule is NC1CCCC1OCCCCCO. The molecule has 2 unspecified atom stereocenters. The van der Waals surface area contributed by atoms with Gasteiger partial charge >= 0.3 is 0 Å². The van der Waals surface area contributed by atoms with Crippen molar-refractivity contribution in [2.24, 2.45) is 5.73 Å². The Bertz CT molecular complexity index is 130. The fourth-order valence-electron chi connectivity index (χ4n) is 1.79. The van der Waals surface area contributed by atoms with Crippen molar-refractivity contribution in [3.05, 3.63) is 0 Å². The molecule has 1 rings (SSSR count). The summed E-state index contributed by atoms with van der Waals surface area (Å²) in [6.07, 6.45) is 6.74. The number of nitrogens with two attached hydrogens (primary N) is 1. The number of rotatable bonds is 6. The fourth-order valence-corrected chi connectivity index (χ4v) is 1.79. The van der Waals surface area contributed by atoms with Gasteiger partial charge in [0.25, 0.3) is 0 Å². The molecule has 1 saturated carbocycles. The first-order valence-electron chi connectivity index (χ1n) is 5.32. The first kappa shape index (κ1) is 11.0. The summed E-state index contributed by atoms with van der Waals surface area (Å²) >= 11 is 0. The van der Waals surface area contributed by atoms with Crippen LogP contribution >= 0.6 is 0 Å². The number of aliphatic hydroxyl groups is 1. The number of aliphatic hydroxyl groups excluding tert-OH is 1. The van der Waals surface area contributed by atoms with Crippen LogP contribution in [-0.2, 0) is 4.74 Å². The number of ether oxygens (including phenoxy) is 1. The van der Waals surface area contributed by atoms with E-state index in [0.717, 1.165) is 38.7 Å². The molecule has 3 heteroatoms. The zero-order valence-corrected chi connectivity index (χ0v) is 8.24. The third kappa shape index (κ3) is 4.07. The third-order valence-electron chi connectivity index (χ3n) is 2.64. The van der Waals surface area contributed by atoms with Crippen molar-refractivity contribution in [1.29, 1.82) is 0 Å². The average molecular weight is 187 g/mol. The highest BCUT2D eigenvalue weighted by atomic mass is 16.5. The summed E-state index contributed by atoms with van der Waals surface area (Å²) in [5.41, 5.74) is 5.85. The van der Waals surface area contributed by atoms with E-state index >= 15 is 0 Å². The van der Waals surface area contributed by atoms with E-state index in [1.165, 1.54) is 6.42 Å². The van der Waals surface area contributed by atoms with Gasteiger partial charge in [-0.25, -0.2) is 0 Å². The predicted octanol–water partition coefficient (Wildman–Crippen LogP) is 1.05. The van der Waals surface area contributed by atoms with E-state index in [1.54, 1.807) is 0 Å². The van der Waals surface area contributed by atoms with Gasteiger partial charge in [-0.3, -0.25) is 0 Å². The van der Waals surface area contributed by atoms with Crippen LogP contribution in [0.4, 0.5) is 0 Å². The zero-order chi connectivity index (χ0) is 9.52. The molecule has 0 aromatic heterocycles. The second-order valence-corrected chi connectivity index (χ2v) is 3.79. The zero-order valence-electron chi connectivity index (χ0n) is 8.24. The molecule has 3 N–H and O–H groups in total. The van der Waals surface area contributed by atoms with Crippen molar-refractivity contribution in [3.63, 3.8) is 0 Å². The van der Waals surface area contributed by atoms with Crippen LogP contribution in [0.5, 0.6) is 0 Å². The van der Waals surface area contributed by atoms with Crippen LogP contribution < -0.4 is 5.73 Å². The lowest BCUT2D eigenvalue weighted by Gasteiger charge is -2.15. The summed E-state index contributed by atoms with van der Waals surface area (Å²) in [4.78, 5) is 0. The van der Waals surface area contributed by atoms with Gasteiger partial charge in [-0.2, -0.15) is 0 Å². The molecule has 78 valence electrons. The maximum absolute atomic E-state index is 8.56. The molecule has 1 aliphatic rings. The summed E-state index contributed by atoms with van der Waals surface area (Å²) in [5, 5.41) is 8.56. The molecular formula is C10H21NO2. The highest BCUT2D eigenvalue weighted by molar-refractivity contribution is 4.80. The molecule has 0 amide bonds. The Hall–Kier alpha value is -0.120. The van der Waals surface area contributed by atoms with Crippen LogP contribution in [0.3, 0.4) is 0 Å². The third-order valence-corrected chi connectivity index (χ3v) is 2.64. The second-order valence-electron chi connectivity index (χ2n) is 3.79. The minimum Gasteiger partial charge on any atom is -0.396 e. The molecule has 0 heterocycles. The lowest BCUT2D eigenvalue weighted by Crippen LogP contribution is -2.31. The molecule has 0 aromatic carbocycles. The number of hydrogen-bond donors (Lipinski definition) is 2. The maximum Gasteiger partial charge on any atom is 0.0725 e. The summed E-state index contributed by atoms with van der Waals surface area (Å²) in [6.45, 7) is 1.10. The summed E-state index contributed by atoms with van der Waals surface area (Å²) < 4.78 is 5.66. The van der Waals surface area contributed by atoms with Gasteiger partial charge < -0.3 is 15.6 Å². The van der Waals surface area contributed by atoms with Crippen LogP contribution in [0.1, 0.15) is 38.5 Å². The van der Waals surface area contributed by atoms with Crippen LogP contribution in [0.2, 0.25) is 0 Å². The van der Waals surface area contributed by atoms with Gasteiger partial charge in [-0.15, -0.1) is 0 Å². The van der Waals surface area contributed by atoms with Crippen molar-refractivity contribution in [2.45, 2.75) is 50.7 Å². The van der Waals surface area contributed by atoms with Gasteiger partial charge in [-0.1, -0.05) is 0 Å². The first-order chi connectivity index (χ1) is 6.34. The molecule has 0 aliphatic heterocycles. The number of hydrogen-bond acceptors (Lipinski definition) is 3. The van der Waals surface area contributed by atoms with Gasteiger partial charge in [-0.05, 0) is 38.5 Å². The molecule has 2 atom stereocenters. The van der Waals surface area contributed by atoms with Crippen molar-refractivity contribution in [2.75, 3.05) is 13.2 Å². The lowest BCUT2D eigenvalue weighted by atomic mass is 10.2. The Morgan fingerprint density at radius 1 is 1.23 bits per heavy atom. The lowest BCUT2D eigenvalue weighted by molar-refractivity contribution is 0.0451. The molecule has 0 aromatic rings. The van der Waals surface area contributed by atoms with E-state index in [-0.39, 0.29) is 6.04 Å². The Kier molecular flexibility index (Phi) is 5.35. The second kappa shape index (κ2) is 6.35. The van der Waals surface area contributed by atoms with Crippen molar-refractivity contribution in [1.82, 2.24) is 0 Å². The Labute approximate surface area is 80.3 Å². The highest BCUT2D eigenvalue weighted by Gasteiger charge is 2.23. The Balaban J connectivity index is 1.93. The van der Waals surface area contributed by atoms with Gasteiger partial charge in [0.15, 0.2) is 0 Å². The molecule has 0 radical (unpaired) electrons. The fraction of sp³-hybridized carbons (Fsp3) is 1.00. The highest BCUT2D eigenvalue weighted by Crippen LogP contribution is 2.20. The van der Waals surface area contributed by atoms with E-state index in [1.807, 2.05) is 0 Å². The Morgan fingerprint density at radius 3 is 2.69 bits per heavy atom. The van der Waals surface area contributed by atoms with Gasteiger partial charge in [0, 0.05) is 19.3 Å². The predicted molar refractivity (Wildman–Crippen MR) is 52.5 cm³/mol. The van der Waals surface area contributed by atoms with E-state index < -0.39 is 0 Å². The van der Waals surface area contributed by atoms with E-state index in [4.69, 9.17) is 15.6 Å². The van der Waals surface area contributed by atoms with Gasteiger partial charge in [0.1, 0.15) is 0 Å². The van der Waals surface area contributed by atoms with Crippen molar-refractivity contribution >= 4 is 0 Å². The molecule has 13 heavy (non-hydrogen) atoms. The normalized spacial score (nSPS) is 28.2. The van der Waals surface area contributed by atoms with Gasteiger partial charge in [0.2, 0.25) is 0 Å². The summed E-state index contributed by atoms with van der Waals surface area (Å²) in [6, 6.07) is 0.262. The topological polar surface area (TPSA) is 55.5 Å². The van der Waals surface area contributed by atoms with Crippen molar-refractivity contribution in [3.8, 4) is 0 Å². The van der Waals surface area contributed by atoms with Crippen molar-refractivity contribution < 1.29 is 9.84 Å². The quantitative estimate of drug-likeness (QED) is 0.611. The molecule has 0 saturated heterocycles. The molecule has 1 fully saturated rings. The van der Waals surface area contributed by atoms with Gasteiger partial charge in [0.05, 0.1) is 6.10 Å². The van der Waals surface area contributed by atoms with Crippen LogP contribution in [0.15, 0.2) is 0 Å². The summed E-state index contributed by atoms with van der Waals surface area (Å²) in [7, 11) is 0. The maximum atomic E-state index is 8.56. The molecule has 0 bridgehead atoms. The standard InChI is InChI=1S/C10H21NO2/c11-9-5-4-6-10(9)13-8-3-1-2-7-12/h9-10,12H,1-8,11H2. The van der Waals surface area contributed by atoms with Crippen LogP contribution in [-0.4, -0.2) is 30.5 Å². The average Bonchev–Trinajstić information content (AvgIpc) is 2.52. The molecule has 3 nitrogen and oxygen atoms in total. The van der Waals surface area contributed by atoms with E-state index in [0.29, 0.717) is 12.7 Å². The monoisotopic (exact) mass is 187 g/mol. The smallest absolute Gasteiger partial charge is 0.0725 e. The molecule has 0 spiro atoms. The van der Waals surface area contributed by atoms with Crippen LogP contribution in [0, 0.1) is 0 Å². The number of unbranched alkanes of at least 4 members (excludes halogenated alkanes) is 2. The minimum atomic E-state index is 0.262. The first-order valence-corrected chi connectivity index (χ1v) is 5.32. The largest absolute Gasteiger partial charge is 0.396 e. The minimum absolute atomic E-state index is 0.262. The molecular weight excluding hydrogens is 166 g/mol. The van der Waals surface area contributed by atoms with Crippen LogP contribution in [0.25, 0.3) is 0 Å². The van der Waals surface area contributed by atoms with E-state index in [2.05, 4.69) is 0 Å². The Morgan fingerprint density at radius 2 is 2.08 bits per heavy atom.